The summed E-state index contributed by atoms with van der Waals surface area (Å²) < 4.78 is 30.4. The van der Waals surface area contributed by atoms with Crippen molar-refractivity contribution in [3.8, 4) is 46.0 Å². The highest BCUT2D eigenvalue weighted by molar-refractivity contribution is 6.01. The molecule has 2 aromatic heterocycles. The molecule has 2 unspecified atom stereocenters. The number of aliphatic hydroxyl groups is 1. The number of phenolic OH excluding ortho intramolecular Hbond substituents is 5. The third-order valence-electron chi connectivity index (χ3n) is 8.87. The third kappa shape index (κ3) is 4.28. The molecule has 250 valence electrons. The van der Waals surface area contributed by atoms with Crippen LogP contribution < -0.4 is 25.1 Å². The summed E-state index contributed by atoms with van der Waals surface area (Å²) in [5.74, 6) is -2.74. The molecule has 0 saturated heterocycles. The number of hydrogen-bond acceptors (Lipinski definition) is 13. The SMILES string of the molecule is CC1(C)C=Cc2c(cc(O)c3c(=O)c4ccc(OC5c6c(cc(O)c7c(=O)c8ccc(O)c(O)c8oc67)OC5C(C)(C)O)c(O)c4oc23)O1. The molecule has 0 bridgehead atoms. The number of hydrogen-bond donors (Lipinski definition) is 6. The van der Waals surface area contributed by atoms with Gasteiger partial charge in [0.15, 0.2) is 46.0 Å². The molecule has 13 nitrogen and oxygen atoms in total. The molecule has 8 rings (SSSR count). The van der Waals surface area contributed by atoms with Crippen LogP contribution in [0, 0.1) is 0 Å². The van der Waals surface area contributed by atoms with Gasteiger partial charge in [-0.1, -0.05) is 0 Å². The summed E-state index contributed by atoms with van der Waals surface area (Å²) in [7, 11) is 0. The molecular weight excluding hydrogens is 640 g/mol. The summed E-state index contributed by atoms with van der Waals surface area (Å²) in [4.78, 5) is 27.2. The number of fused-ring (bicyclic) bond motifs is 8. The second-order valence-electron chi connectivity index (χ2n) is 13.3. The van der Waals surface area contributed by atoms with Crippen molar-refractivity contribution in [2.45, 2.75) is 51.1 Å². The number of aromatic hydroxyl groups is 5. The molecule has 2 aliphatic rings. The average Bonchev–Trinajstić information content (AvgIpc) is 3.38. The highest BCUT2D eigenvalue weighted by Crippen LogP contribution is 2.51. The summed E-state index contributed by atoms with van der Waals surface area (Å²) in [6.45, 7) is 6.51. The zero-order valence-electron chi connectivity index (χ0n) is 26.3. The van der Waals surface area contributed by atoms with Crippen LogP contribution in [0.5, 0.6) is 46.0 Å². The van der Waals surface area contributed by atoms with Crippen LogP contribution in [-0.4, -0.2) is 47.9 Å². The quantitative estimate of drug-likeness (QED) is 0.101. The van der Waals surface area contributed by atoms with Crippen molar-refractivity contribution in [3.63, 3.8) is 0 Å². The lowest BCUT2D eigenvalue weighted by Gasteiger charge is -2.30. The lowest BCUT2D eigenvalue weighted by Crippen LogP contribution is -2.43. The van der Waals surface area contributed by atoms with Crippen LogP contribution in [0.4, 0.5) is 0 Å². The van der Waals surface area contributed by atoms with Crippen molar-refractivity contribution in [1.82, 2.24) is 0 Å². The molecule has 0 amide bonds. The van der Waals surface area contributed by atoms with Crippen LogP contribution >= 0.6 is 0 Å². The van der Waals surface area contributed by atoms with Crippen molar-refractivity contribution < 1.29 is 53.7 Å². The van der Waals surface area contributed by atoms with E-state index >= 15 is 0 Å². The summed E-state index contributed by atoms with van der Waals surface area (Å²) in [5.41, 5.74) is -4.20. The topological polar surface area (TPSA) is 209 Å². The van der Waals surface area contributed by atoms with Crippen molar-refractivity contribution in [2.75, 3.05) is 0 Å². The van der Waals surface area contributed by atoms with Crippen molar-refractivity contribution >= 4 is 50.0 Å². The van der Waals surface area contributed by atoms with Gasteiger partial charge in [-0.15, -0.1) is 0 Å². The van der Waals surface area contributed by atoms with Gasteiger partial charge in [-0.25, -0.2) is 0 Å². The number of rotatable bonds is 3. The van der Waals surface area contributed by atoms with E-state index in [2.05, 4.69) is 0 Å². The first-order valence-corrected chi connectivity index (χ1v) is 15.2. The minimum atomic E-state index is -1.63. The highest BCUT2D eigenvalue weighted by atomic mass is 16.6. The lowest BCUT2D eigenvalue weighted by molar-refractivity contribution is -0.0693. The van der Waals surface area contributed by atoms with E-state index in [0.29, 0.717) is 5.56 Å². The Kier molecular flexibility index (Phi) is 6.01. The van der Waals surface area contributed by atoms with E-state index in [4.69, 9.17) is 23.0 Å². The molecule has 0 fully saturated rings. The van der Waals surface area contributed by atoms with Crippen LogP contribution in [0.2, 0.25) is 0 Å². The lowest BCUT2D eigenvalue weighted by atomic mass is 9.93. The Labute approximate surface area is 274 Å². The van der Waals surface area contributed by atoms with Crippen LogP contribution in [0.3, 0.4) is 0 Å². The van der Waals surface area contributed by atoms with Gasteiger partial charge in [0.2, 0.25) is 22.4 Å². The fraction of sp³-hybridized carbons (Fsp3) is 0.222. The zero-order chi connectivity index (χ0) is 34.9. The maximum absolute atomic E-state index is 13.7. The van der Waals surface area contributed by atoms with Crippen LogP contribution in [-0.2, 0) is 0 Å². The van der Waals surface area contributed by atoms with E-state index in [-0.39, 0.29) is 72.4 Å². The Bertz CT molecular complexity index is 2600. The minimum absolute atomic E-state index is 0.0288. The number of ether oxygens (including phenoxy) is 3. The predicted molar refractivity (Wildman–Crippen MR) is 176 cm³/mol. The molecule has 13 heteroatoms. The largest absolute Gasteiger partial charge is 0.507 e. The Hall–Kier alpha value is -6.08. The fourth-order valence-electron chi connectivity index (χ4n) is 6.50. The van der Waals surface area contributed by atoms with E-state index in [1.54, 1.807) is 12.2 Å². The summed E-state index contributed by atoms with van der Waals surface area (Å²) >= 11 is 0. The molecule has 0 aliphatic carbocycles. The molecule has 4 aromatic carbocycles. The summed E-state index contributed by atoms with van der Waals surface area (Å²) in [5, 5.41) is 64.5. The molecule has 0 saturated carbocycles. The monoisotopic (exact) mass is 668 g/mol. The Morgan fingerprint density at radius 2 is 1.35 bits per heavy atom. The molecule has 6 N–H and O–H groups in total. The van der Waals surface area contributed by atoms with Gasteiger partial charge in [-0.05, 0) is 64.1 Å². The molecule has 2 aliphatic heterocycles. The first-order chi connectivity index (χ1) is 23.1. The number of phenols is 5. The Morgan fingerprint density at radius 1 is 0.755 bits per heavy atom. The predicted octanol–water partition coefficient (Wildman–Crippen LogP) is 5.57. The van der Waals surface area contributed by atoms with Gasteiger partial charge in [-0.3, -0.25) is 9.59 Å². The Morgan fingerprint density at radius 3 is 2.02 bits per heavy atom. The molecule has 0 spiro atoms. The van der Waals surface area contributed by atoms with Gasteiger partial charge in [-0.2, -0.15) is 0 Å². The highest BCUT2D eigenvalue weighted by Gasteiger charge is 2.48. The summed E-state index contributed by atoms with van der Waals surface area (Å²) in [6.07, 6.45) is 0.904. The van der Waals surface area contributed by atoms with E-state index < -0.39 is 57.3 Å². The standard InChI is InChI=1S/C36H28O13/c1-35(2)10-9-13-20(49-35)11-17(38)22-25(40)15-6-8-19(28(43)31(15)47-29(13)22)45-33-24-21(46-34(33)36(3,4)44)12-18(39)23-26(41)14-5-7-16(37)27(42)30(14)48-32(23)24/h5-12,33-34,37-39,42-44H,1-4H3. The van der Waals surface area contributed by atoms with E-state index in [1.165, 1.54) is 44.2 Å². The van der Waals surface area contributed by atoms with E-state index in [0.717, 1.165) is 6.07 Å². The first kappa shape index (κ1) is 30.3. The molecule has 2 atom stereocenters. The van der Waals surface area contributed by atoms with Gasteiger partial charge >= 0.3 is 0 Å². The van der Waals surface area contributed by atoms with E-state index in [9.17, 15) is 40.2 Å². The molecule has 49 heavy (non-hydrogen) atoms. The van der Waals surface area contributed by atoms with Crippen molar-refractivity contribution in [1.29, 1.82) is 0 Å². The molecule has 0 radical (unpaired) electrons. The van der Waals surface area contributed by atoms with Gasteiger partial charge in [0, 0.05) is 12.1 Å². The maximum Gasteiger partial charge on any atom is 0.204 e. The second kappa shape index (κ2) is 9.73. The maximum atomic E-state index is 13.7. The molecular formula is C36H28O13. The van der Waals surface area contributed by atoms with Crippen LogP contribution in [0.25, 0.3) is 50.0 Å². The van der Waals surface area contributed by atoms with Gasteiger partial charge < -0.3 is 53.7 Å². The smallest absolute Gasteiger partial charge is 0.204 e. The Balaban J connectivity index is 1.35. The average molecular weight is 669 g/mol. The van der Waals surface area contributed by atoms with Crippen molar-refractivity contribution in [2.24, 2.45) is 0 Å². The fourth-order valence-corrected chi connectivity index (χ4v) is 6.50. The molecule has 4 heterocycles. The van der Waals surface area contributed by atoms with Gasteiger partial charge in [0.05, 0.1) is 27.5 Å². The third-order valence-corrected chi connectivity index (χ3v) is 8.87. The minimum Gasteiger partial charge on any atom is -0.507 e. The zero-order valence-corrected chi connectivity index (χ0v) is 26.3. The molecule has 6 aromatic rings. The van der Waals surface area contributed by atoms with Gasteiger partial charge in [0.1, 0.15) is 39.4 Å². The van der Waals surface area contributed by atoms with Crippen molar-refractivity contribution in [3.05, 3.63) is 74.0 Å². The number of benzene rings is 4. The van der Waals surface area contributed by atoms with Gasteiger partial charge in [0.25, 0.3) is 0 Å². The first-order valence-electron chi connectivity index (χ1n) is 15.2. The normalized spacial score (nSPS) is 18.1. The van der Waals surface area contributed by atoms with Crippen LogP contribution in [0.15, 0.2) is 60.9 Å². The second-order valence-corrected chi connectivity index (χ2v) is 13.3. The van der Waals surface area contributed by atoms with Crippen LogP contribution in [0.1, 0.15) is 44.9 Å². The van der Waals surface area contributed by atoms with E-state index in [1.807, 2.05) is 13.8 Å². The summed E-state index contributed by atoms with van der Waals surface area (Å²) in [6, 6.07) is 7.47.